The largest absolute Gasteiger partial charge is 0.493 e. The Morgan fingerprint density at radius 2 is 1.97 bits per heavy atom. The minimum absolute atomic E-state index is 0.140. The highest BCUT2D eigenvalue weighted by Gasteiger charge is 2.57. The van der Waals surface area contributed by atoms with E-state index in [1.165, 1.54) is 0 Å². The molecule has 3 rings (SSSR count). The normalized spacial score (nSPS) is 24.7. The molecule has 160 valence electrons. The fourth-order valence-corrected chi connectivity index (χ4v) is 4.65. The first kappa shape index (κ1) is 22.3. The highest BCUT2D eigenvalue weighted by atomic mass is 16.5. The molecule has 0 unspecified atom stereocenters. The van der Waals surface area contributed by atoms with E-state index in [1.807, 2.05) is 25.3 Å². The van der Waals surface area contributed by atoms with Gasteiger partial charge in [0.2, 0.25) is 0 Å². The van der Waals surface area contributed by atoms with Crippen LogP contribution in [0.4, 0.5) is 0 Å². The van der Waals surface area contributed by atoms with Crippen LogP contribution in [0.15, 0.2) is 29.8 Å². The number of rotatable bonds is 6. The highest BCUT2D eigenvalue weighted by Crippen LogP contribution is 2.54. The quantitative estimate of drug-likeness (QED) is 0.558. The van der Waals surface area contributed by atoms with Crippen LogP contribution in [0.5, 0.6) is 11.5 Å². The molecule has 7 nitrogen and oxygen atoms in total. The third-order valence-electron chi connectivity index (χ3n) is 6.27. The number of likely N-dealkylation sites (N-methyl/N-ethyl adjacent to an activating group) is 1. The lowest BCUT2D eigenvalue weighted by Crippen LogP contribution is -2.52. The molecule has 1 aliphatic heterocycles. The maximum absolute atomic E-state index is 10.1. The van der Waals surface area contributed by atoms with E-state index in [9.17, 15) is 15.8 Å². The summed E-state index contributed by atoms with van der Waals surface area (Å²) in [4.78, 5) is 2.10. The summed E-state index contributed by atoms with van der Waals surface area (Å²) in [6.07, 6.45) is 3.91. The summed E-state index contributed by atoms with van der Waals surface area (Å²) >= 11 is 0. The van der Waals surface area contributed by atoms with E-state index in [-0.39, 0.29) is 11.6 Å². The Kier molecular flexibility index (Phi) is 6.64. The van der Waals surface area contributed by atoms with Crippen LogP contribution in [-0.4, -0.2) is 44.5 Å². The molecule has 1 fully saturated rings. The lowest BCUT2D eigenvalue weighted by Gasteiger charge is -2.47. The molecule has 0 aromatic heterocycles. The molecule has 1 aliphatic carbocycles. The molecule has 1 N–H and O–H groups in total. The summed E-state index contributed by atoms with van der Waals surface area (Å²) in [6, 6.07) is 11.9. The number of unbranched alkanes of at least 4 members (excludes halogenated alkanes) is 1. The summed E-state index contributed by atoms with van der Waals surface area (Å²) in [7, 11) is 3.53. The van der Waals surface area contributed by atoms with Crippen LogP contribution in [0, 0.1) is 56.7 Å². The Morgan fingerprint density at radius 1 is 1.23 bits per heavy atom. The van der Waals surface area contributed by atoms with E-state index in [0.29, 0.717) is 31.2 Å². The maximum atomic E-state index is 10.1. The van der Waals surface area contributed by atoms with Gasteiger partial charge in [0.05, 0.1) is 37.6 Å². The van der Waals surface area contributed by atoms with Gasteiger partial charge in [0.1, 0.15) is 5.92 Å². The summed E-state index contributed by atoms with van der Waals surface area (Å²) in [5.41, 5.74) is -0.302. The van der Waals surface area contributed by atoms with Crippen molar-refractivity contribution in [2.75, 3.05) is 33.9 Å². The molecule has 3 atom stereocenters. The van der Waals surface area contributed by atoms with Gasteiger partial charge >= 0.3 is 0 Å². The molecule has 0 amide bonds. The first-order valence-corrected chi connectivity index (χ1v) is 10.5. The van der Waals surface area contributed by atoms with Crippen LogP contribution in [0.1, 0.15) is 31.2 Å². The van der Waals surface area contributed by atoms with E-state index in [1.54, 1.807) is 13.2 Å². The molecular formula is C24H27N5O2. The van der Waals surface area contributed by atoms with E-state index in [4.69, 9.17) is 14.9 Å². The van der Waals surface area contributed by atoms with Crippen molar-refractivity contribution < 1.29 is 9.47 Å². The second-order valence-electron chi connectivity index (χ2n) is 8.13. The molecule has 1 aromatic carbocycles. The van der Waals surface area contributed by atoms with E-state index in [2.05, 4.69) is 30.0 Å². The Balaban J connectivity index is 2.14. The SMILES string of the molecule is CCCCOc1ccc([C@H]2[C@H]3CN(C)CC=C3[C@@H](C#N)C(=N)C2(C#N)C#N)cc1OC. The molecule has 1 saturated carbocycles. The number of nitrogens with zero attached hydrogens (tertiary/aromatic N) is 4. The number of benzene rings is 1. The average molecular weight is 418 g/mol. The summed E-state index contributed by atoms with van der Waals surface area (Å²) in [5, 5.41) is 38.7. The number of hydrogen-bond donors (Lipinski definition) is 1. The van der Waals surface area contributed by atoms with Crippen molar-refractivity contribution in [3.8, 4) is 29.7 Å². The first-order chi connectivity index (χ1) is 15.0. The molecule has 0 bridgehead atoms. The van der Waals surface area contributed by atoms with Gasteiger partial charge in [0.15, 0.2) is 16.9 Å². The Labute approximate surface area is 183 Å². The van der Waals surface area contributed by atoms with Gasteiger partial charge in [-0.15, -0.1) is 0 Å². The van der Waals surface area contributed by atoms with E-state index < -0.39 is 17.3 Å². The van der Waals surface area contributed by atoms with Gasteiger partial charge in [0.25, 0.3) is 0 Å². The van der Waals surface area contributed by atoms with Crippen LogP contribution >= 0.6 is 0 Å². The second-order valence-corrected chi connectivity index (χ2v) is 8.13. The monoisotopic (exact) mass is 417 g/mol. The molecule has 31 heavy (non-hydrogen) atoms. The van der Waals surface area contributed by atoms with Crippen molar-refractivity contribution in [3.05, 3.63) is 35.4 Å². The van der Waals surface area contributed by atoms with Gasteiger partial charge in [-0.05, 0) is 36.7 Å². The lowest BCUT2D eigenvalue weighted by atomic mass is 9.54. The van der Waals surface area contributed by atoms with Gasteiger partial charge in [-0.3, -0.25) is 0 Å². The third-order valence-corrected chi connectivity index (χ3v) is 6.27. The minimum Gasteiger partial charge on any atom is -0.493 e. The summed E-state index contributed by atoms with van der Waals surface area (Å²) in [6.45, 7) is 3.93. The molecule has 0 saturated heterocycles. The van der Waals surface area contributed by atoms with Gasteiger partial charge in [0, 0.05) is 24.9 Å². The first-order valence-electron chi connectivity index (χ1n) is 10.5. The van der Waals surface area contributed by atoms with Gasteiger partial charge < -0.3 is 19.8 Å². The smallest absolute Gasteiger partial charge is 0.189 e. The number of nitriles is 3. The Bertz CT molecular complexity index is 996. The molecule has 1 heterocycles. The van der Waals surface area contributed by atoms with Crippen molar-refractivity contribution in [2.45, 2.75) is 25.7 Å². The fraction of sp³-hybridized carbons (Fsp3) is 0.500. The topological polar surface area (TPSA) is 117 Å². The zero-order valence-electron chi connectivity index (χ0n) is 18.2. The third kappa shape index (κ3) is 3.76. The van der Waals surface area contributed by atoms with E-state index >= 15 is 0 Å². The summed E-state index contributed by atoms with van der Waals surface area (Å²) in [5.74, 6) is -0.535. The standard InChI is InChI=1S/C24H27N5O2/c1-4-5-10-31-20-7-6-16(11-21(20)30-3)22-19-13-29(2)9-8-17(19)18(12-25)23(28)24(22,14-26)15-27/h6-8,11,18-19,22,28H,4-5,9-10,13H2,1-3H3/t18-,19+,22+/m1/s1. The Morgan fingerprint density at radius 3 is 2.58 bits per heavy atom. The molecule has 7 heteroatoms. The summed E-state index contributed by atoms with van der Waals surface area (Å²) < 4.78 is 11.4. The number of ether oxygens (including phenoxy) is 2. The molecule has 1 aromatic rings. The predicted octanol–water partition coefficient (Wildman–Crippen LogP) is 3.65. The number of nitrogens with one attached hydrogen (secondary N) is 1. The second kappa shape index (κ2) is 9.21. The highest BCUT2D eigenvalue weighted by molar-refractivity contribution is 6.00. The minimum atomic E-state index is -1.73. The van der Waals surface area contributed by atoms with Crippen molar-refractivity contribution in [2.24, 2.45) is 17.3 Å². The molecule has 0 radical (unpaired) electrons. The van der Waals surface area contributed by atoms with Crippen LogP contribution in [0.2, 0.25) is 0 Å². The van der Waals surface area contributed by atoms with Crippen LogP contribution in [-0.2, 0) is 0 Å². The molecule has 0 spiro atoms. The van der Waals surface area contributed by atoms with Gasteiger partial charge in [-0.25, -0.2) is 0 Å². The predicted molar refractivity (Wildman–Crippen MR) is 116 cm³/mol. The zero-order valence-corrected chi connectivity index (χ0v) is 18.2. The fourth-order valence-electron chi connectivity index (χ4n) is 4.65. The molecule has 2 aliphatic rings. The zero-order chi connectivity index (χ0) is 22.6. The van der Waals surface area contributed by atoms with Crippen molar-refractivity contribution in [1.82, 2.24) is 4.90 Å². The lowest BCUT2D eigenvalue weighted by molar-refractivity contribution is 0.234. The Hall–Kier alpha value is -3.34. The van der Waals surface area contributed by atoms with Gasteiger partial charge in [-0.2, -0.15) is 15.8 Å². The number of hydrogen-bond acceptors (Lipinski definition) is 7. The number of fused-ring (bicyclic) bond motifs is 1. The van der Waals surface area contributed by atoms with Crippen LogP contribution < -0.4 is 9.47 Å². The molecular weight excluding hydrogens is 390 g/mol. The van der Waals surface area contributed by atoms with Crippen molar-refractivity contribution in [3.63, 3.8) is 0 Å². The van der Waals surface area contributed by atoms with Gasteiger partial charge in [-0.1, -0.05) is 25.5 Å². The maximum Gasteiger partial charge on any atom is 0.189 e. The van der Waals surface area contributed by atoms with Crippen LogP contribution in [0.25, 0.3) is 0 Å². The number of methoxy groups -OCH3 is 1. The van der Waals surface area contributed by atoms with Crippen LogP contribution in [0.3, 0.4) is 0 Å². The average Bonchev–Trinajstić information content (AvgIpc) is 2.79. The van der Waals surface area contributed by atoms with Crippen molar-refractivity contribution >= 4 is 5.71 Å². The van der Waals surface area contributed by atoms with E-state index in [0.717, 1.165) is 24.0 Å². The van der Waals surface area contributed by atoms with Crippen molar-refractivity contribution in [1.29, 1.82) is 21.2 Å².